The molecule has 0 aromatic rings. The van der Waals surface area contributed by atoms with Crippen LogP contribution in [0.5, 0.6) is 0 Å². The molecule has 510 valence electrons. The molecule has 0 aliphatic rings. The van der Waals surface area contributed by atoms with Gasteiger partial charge < -0.3 is 33.8 Å². The molecule has 0 amide bonds. The predicted octanol–water partition coefficient (Wildman–Crippen LogP) is 18.5. The Morgan fingerprint density at radius 1 is 0.291 bits per heavy atom. The van der Waals surface area contributed by atoms with Crippen LogP contribution in [0.2, 0.25) is 0 Å². The van der Waals surface area contributed by atoms with Crippen LogP contribution in [0.15, 0.2) is 0 Å². The molecule has 0 aromatic carbocycles. The molecule has 0 saturated heterocycles. The van der Waals surface area contributed by atoms with Crippen LogP contribution in [0.4, 0.5) is 0 Å². The van der Waals surface area contributed by atoms with Crippen LogP contribution in [0, 0.1) is 23.7 Å². The summed E-state index contributed by atoms with van der Waals surface area (Å²) in [6.07, 6.45) is 37.8. The number of esters is 4. The van der Waals surface area contributed by atoms with Crippen molar-refractivity contribution in [2.75, 3.05) is 39.6 Å². The molecule has 19 heteroatoms. The van der Waals surface area contributed by atoms with Crippen molar-refractivity contribution in [1.29, 1.82) is 0 Å². The second-order valence-electron chi connectivity index (χ2n) is 26.1. The van der Waals surface area contributed by atoms with Gasteiger partial charge in [0.25, 0.3) is 0 Å². The Bertz CT molecular complexity index is 1710. The first-order valence-electron chi connectivity index (χ1n) is 34.7. The summed E-state index contributed by atoms with van der Waals surface area (Å²) in [6, 6.07) is 0. The van der Waals surface area contributed by atoms with Crippen molar-refractivity contribution >= 4 is 39.5 Å². The second kappa shape index (κ2) is 57.0. The molecule has 3 N–H and O–H groups in total. The number of hydrogen-bond acceptors (Lipinski definition) is 15. The van der Waals surface area contributed by atoms with Crippen molar-refractivity contribution in [3.05, 3.63) is 0 Å². The number of aliphatic hydroxyl groups excluding tert-OH is 1. The first-order valence-corrected chi connectivity index (χ1v) is 37.7. The highest BCUT2D eigenvalue weighted by atomic mass is 31.2. The van der Waals surface area contributed by atoms with Crippen LogP contribution in [0.3, 0.4) is 0 Å². The van der Waals surface area contributed by atoms with Gasteiger partial charge in [-0.1, -0.05) is 274 Å². The van der Waals surface area contributed by atoms with Crippen LogP contribution in [0.1, 0.15) is 325 Å². The van der Waals surface area contributed by atoms with Gasteiger partial charge in [-0.2, -0.15) is 0 Å². The molecule has 86 heavy (non-hydrogen) atoms. The largest absolute Gasteiger partial charge is 0.472 e. The summed E-state index contributed by atoms with van der Waals surface area (Å²) in [4.78, 5) is 72.3. The number of rotatable bonds is 64. The Morgan fingerprint density at radius 3 is 0.721 bits per heavy atom. The molecular formula is C67H130O17P2. The van der Waals surface area contributed by atoms with Gasteiger partial charge in [0.2, 0.25) is 0 Å². The molecular weight excluding hydrogens is 1140 g/mol. The van der Waals surface area contributed by atoms with E-state index in [1.165, 1.54) is 116 Å². The van der Waals surface area contributed by atoms with Gasteiger partial charge in [-0.25, -0.2) is 9.13 Å². The maximum atomic E-state index is 13.0. The Hall–Kier alpha value is -1.94. The SMILES string of the molecule is CC(C)CCCCCCCCCCCCCCC(=O)O[C@H](COC(=O)CCCCCCCCCC(C)C)COP(=O)(O)OCC(O)COP(=O)(O)OC[C@@H](COC(=O)CCCCCCCCCC(C)C)OC(=O)CCCCCCCCCCC(C)C. The number of ether oxygens (including phenoxy) is 4. The van der Waals surface area contributed by atoms with Crippen LogP contribution < -0.4 is 0 Å². The zero-order valence-electron chi connectivity index (χ0n) is 55.9. The fourth-order valence-corrected chi connectivity index (χ4v) is 11.5. The molecule has 0 aliphatic carbocycles. The molecule has 0 saturated carbocycles. The van der Waals surface area contributed by atoms with E-state index >= 15 is 0 Å². The standard InChI is InChI=1S/C67H130O17P2/c1-57(2)43-35-27-19-13-11-9-10-12-14-23-33-41-49-66(71)83-62(53-77-64(69)47-39-31-25-17-21-29-37-45-59(5)6)55-81-85(73,74)79-51-61(68)52-80-86(75,76)82-56-63(54-78-65(70)48-40-32-26-18-22-30-38-46-60(7)8)84-67(72)50-42-34-24-16-15-20-28-36-44-58(3)4/h57-63,68H,9-56H2,1-8H3,(H,73,74)(H,75,76)/t61?,62-,63-/m1/s1. The van der Waals surface area contributed by atoms with Crippen molar-refractivity contribution in [3.63, 3.8) is 0 Å². The van der Waals surface area contributed by atoms with E-state index < -0.39 is 97.5 Å². The molecule has 3 unspecified atom stereocenters. The predicted molar refractivity (Wildman–Crippen MR) is 344 cm³/mol. The molecule has 0 spiro atoms. The third kappa shape index (κ3) is 60.9. The fourth-order valence-electron chi connectivity index (χ4n) is 9.96. The maximum Gasteiger partial charge on any atom is 0.472 e. The number of hydrogen-bond donors (Lipinski definition) is 3. The van der Waals surface area contributed by atoms with Crippen LogP contribution in [-0.4, -0.2) is 96.7 Å². The molecule has 0 aromatic heterocycles. The van der Waals surface area contributed by atoms with Gasteiger partial charge in [0.1, 0.15) is 19.3 Å². The molecule has 0 radical (unpaired) electrons. The highest BCUT2D eigenvalue weighted by Gasteiger charge is 2.30. The van der Waals surface area contributed by atoms with Crippen LogP contribution >= 0.6 is 15.6 Å². The average Bonchev–Trinajstić information content (AvgIpc) is 3.63. The van der Waals surface area contributed by atoms with Gasteiger partial charge in [-0.05, 0) is 49.4 Å². The summed E-state index contributed by atoms with van der Waals surface area (Å²) in [5.74, 6) is 0.769. The lowest BCUT2D eigenvalue weighted by Crippen LogP contribution is -2.30. The minimum Gasteiger partial charge on any atom is -0.462 e. The van der Waals surface area contributed by atoms with E-state index in [1.807, 2.05) is 0 Å². The lowest BCUT2D eigenvalue weighted by Gasteiger charge is -2.21. The van der Waals surface area contributed by atoms with E-state index in [1.54, 1.807) is 0 Å². The van der Waals surface area contributed by atoms with E-state index in [2.05, 4.69) is 55.4 Å². The third-order valence-corrected chi connectivity index (χ3v) is 17.2. The third-order valence-electron chi connectivity index (χ3n) is 15.3. The van der Waals surface area contributed by atoms with E-state index in [0.717, 1.165) is 115 Å². The fraction of sp³-hybridized carbons (Fsp3) is 0.940. The first kappa shape index (κ1) is 84.1. The summed E-state index contributed by atoms with van der Waals surface area (Å²) < 4.78 is 68.1. The molecule has 0 heterocycles. The molecule has 5 atom stereocenters. The van der Waals surface area contributed by atoms with Crippen molar-refractivity contribution in [2.45, 2.75) is 343 Å². The van der Waals surface area contributed by atoms with Crippen LogP contribution in [-0.2, 0) is 65.4 Å². The lowest BCUT2D eigenvalue weighted by molar-refractivity contribution is -0.161. The van der Waals surface area contributed by atoms with Gasteiger partial charge in [-0.3, -0.25) is 37.3 Å². The number of phosphoric ester groups is 2. The Kier molecular flexibility index (Phi) is 55.7. The molecule has 0 rings (SSSR count). The average molecular weight is 1270 g/mol. The quantitative estimate of drug-likeness (QED) is 0.0222. The van der Waals surface area contributed by atoms with E-state index in [0.29, 0.717) is 37.5 Å². The van der Waals surface area contributed by atoms with E-state index in [4.69, 9.17) is 37.0 Å². The van der Waals surface area contributed by atoms with Gasteiger partial charge in [0, 0.05) is 25.7 Å². The molecule has 17 nitrogen and oxygen atoms in total. The Morgan fingerprint density at radius 2 is 0.488 bits per heavy atom. The summed E-state index contributed by atoms with van der Waals surface area (Å²) in [5, 5.41) is 10.6. The van der Waals surface area contributed by atoms with Crippen molar-refractivity contribution in [3.8, 4) is 0 Å². The summed E-state index contributed by atoms with van der Waals surface area (Å²) in [7, 11) is -9.90. The Balaban J connectivity index is 5.24. The normalized spacial score (nSPS) is 14.4. The minimum atomic E-state index is -4.95. The Labute approximate surface area is 524 Å². The number of carbonyl (C=O) groups excluding carboxylic acids is 4. The highest BCUT2D eigenvalue weighted by molar-refractivity contribution is 7.47. The van der Waals surface area contributed by atoms with Gasteiger partial charge >= 0.3 is 39.5 Å². The van der Waals surface area contributed by atoms with Crippen molar-refractivity contribution in [1.82, 2.24) is 0 Å². The van der Waals surface area contributed by atoms with E-state index in [-0.39, 0.29) is 25.7 Å². The first-order chi connectivity index (χ1) is 41.1. The number of unbranched alkanes of at least 4 members (excludes halogenated alkanes) is 30. The summed E-state index contributed by atoms with van der Waals surface area (Å²) in [5.41, 5.74) is 0. The maximum absolute atomic E-state index is 13.0. The molecule has 0 aliphatic heterocycles. The number of carbonyl (C=O) groups is 4. The van der Waals surface area contributed by atoms with Gasteiger partial charge in [0.05, 0.1) is 26.4 Å². The van der Waals surface area contributed by atoms with Crippen LogP contribution in [0.25, 0.3) is 0 Å². The number of aliphatic hydroxyl groups is 1. The second-order valence-corrected chi connectivity index (χ2v) is 29.0. The number of phosphoric acid groups is 2. The topological polar surface area (TPSA) is 237 Å². The molecule has 0 fully saturated rings. The zero-order valence-corrected chi connectivity index (χ0v) is 57.7. The smallest absolute Gasteiger partial charge is 0.462 e. The highest BCUT2D eigenvalue weighted by Crippen LogP contribution is 2.45. The van der Waals surface area contributed by atoms with E-state index in [9.17, 15) is 43.2 Å². The zero-order chi connectivity index (χ0) is 63.9. The summed E-state index contributed by atoms with van der Waals surface area (Å²) >= 11 is 0. The lowest BCUT2D eigenvalue weighted by atomic mass is 10.0. The van der Waals surface area contributed by atoms with Crippen molar-refractivity contribution in [2.24, 2.45) is 23.7 Å². The van der Waals surface area contributed by atoms with Gasteiger partial charge in [0.15, 0.2) is 12.2 Å². The minimum absolute atomic E-state index is 0.103. The summed E-state index contributed by atoms with van der Waals surface area (Å²) in [6.45, 7) is 14.0. The molecule has 0 bridgehead atoms. The van der Waals surface area contributed by atoms with Crippen molar-refractivity contribution < 1.29 is 80.2 Å². The van der Waals surface area contributed by atoms with Gasteiger partial charge in [-0.15, -0.1) is 0 Å². The monoisotopic (exact) mass is 1270 g/mol.